The Morgan fingerprint density at radius 2 is 1.79 bits per heavy atom. The highest BCUT2D eigenvalue weighted by atomic mass is 32.1. The average molecular weight is 405 g/mol. The first-order valence-corrected chi connectivity index (χ1v) is 10.1. The Hall–Kier alpha value is -3.45. The number of para-hydroxylation sites is 1. The third kappa shape index (κ3) is 4.70. The van der Waals surface area contributed by atoms with Gasteiger partial charge in [0, 0.05) is 24.2 Å². The molecule has 7 heteroatoms. The van der Waals surface area contributed by atoms with E-state index in [0.29, 0.717) is 17.8 Å². The van der Waals surface area contributed by atoms with Crippen LogP contribution in [0, 0.1) is 0 Å². The maximum absolute atomic E-state index is 12.3. The second-order valence-electron chi connectivity index (χ2n) is 6.44. The predicted octanol–water partition coefficient (Wildman–Crippen LogP) is 4.50. The molecule has 0 atom stereocenters. The van der Waals surface area contributed by atoms with Crippen LogP contribution in [-0.4, -0.2) is 23.3 Å². The molecule has 2 amide bonds. The average Bonchev–Trinajstić information content (AvgIpc) is 3.41. The van der Waals surface area contributed by atoms with Crippen LogP contribution in [0.4, 0.5) is 5.69 Å². The van der Waals surface area contributed by atoms with E-state index in [1.807, 2.05) is 18.2 Å². The van der Waals surface area contributed by atoms with Crippen LogP contribution < -0.4 is 10.6 Å². The highest BCUT2D eigenvalue weighted by Gasteiger charge is 2.10. The lowest BCUT2D eigenvalue weighted by Crippen LogP contribution is -2.24. The minimum atomic E-state index is -0.331. The third-order valence-corrected chi connectivity index (χ3v) is 5.44. The van der Waals surface area contributed by atoms with Crippen molar-refractivity contribution >= 4 is 39.1 Å². The molecule has 2 aromatic heterocycles. The molecule has 0 spiro atoms. The van der Waals surface area contributed by atoms with Gasteiger partial charge in [-0.1, -0.05) is 12.1 Å². The van der Waals surface area contributed by atoms with Gasteiger partial charge < -0.3 is 15.1 Å². The second-order valence-corrected chi connectivity index (χ2v) is 7.56. The first-order valence-electron chi connectivity index (χ1n) is 9.26. The molecule has 6 nitrogen and oxygen atoms in total. The lowest BCUT2D eigenvalue weighted by Gasteiger charge is -2.06. The summed E-state index contributed by atoms with van der Waals surface area (Å²) in [5, 5.41) is 6.72. The van der Waals surface area contributed by atoms with Gasteiger partial charge in [0.05, 0.1) is 21.5 Å². The van der Waals surface area contributed by atoms with Gasteiger partial charge in [-0.15, -0.1) is 11.3 Å². The van der Waals surface area contributed by atoms with Gasteiger partial charge in [-0.2, -0.15) is 0 Å². The molecule has 0 aliphatic heterocycles. The van der Waals surface area contributed by atoms with Gasteiger partial charge in [0.1, 0.15) is 0 Å². The van der Waals surface area contributed by atoms with Crippen molar-refractivity contribution < 1.29 is 14.0 Å². The van der Waals surface area contributed by atoms with E-state index >= 15 is 0 Å². The van der Waals surface area contributed by atoms with Crippen molar-refractivity contribution in [2.75, 3.05) is 11.9 Å². The van der Waals surface area contributed by atoms with Gasteiger partial charge in [-0.3, -0.25) is 9.59 Å². The Balaban J connectivity index is 1.24. The van der Waals surface area contributed by atoms with Crippen molar-refractivity contribution in [1.82, 2.24) is 10.3 Å². The van der Waals surface area contributed by atoms with Crippen LogP contribution >= 0.6 is 11.3 Å². The summed E-state index contributed by atoms with van der Waals surface area (Å²) in [5.74, 6) is -0.236. The molecule has 0 unspecified atom stereocenters. The summed E-state index contributed by atoms with van der Waals surface area (Å²) in [7, 11) is 0. The number of rotatable bonds is 7. The molecule has 29 heavy (non-hydrogen) atoms. The zero-order valence-electron chi connectivity index (χ0n) is 15.6. The molecule has 0 aliphatic carbocycles. The van der Waals surface area contributed by atoms with Gasteiger partial charge in [-0.25, -0.2) is 4.98 Å². The monoisotopic (exact) mass is 405 g/mol. The highest BCUT2D eigenvalue weighted by molar-refractivity contribution is 7.18. The molecule has 0 saturated carbocycles. The van der Waals surface area contributed by atoms with Crippen molar-refractivity contribution in [3.8, 4) is 0 Å². The zero-order valence-corrected chi connectivity index (χ0v) is 16.4. The minimum absolute atomic E-state index is 0.141. The Bertz CT molecular complexity index is 1080. The number of aromatic nitrogens is 1. The number of amides is 2. The van der Waals surface area contributed by atoms with Crippen molar-refractivity contribution in [2.45, 2.75) is 12.8 Å². The van der Waals surface area contributed by atoms with Gasteiger partial charge >= 0.3 is 0 Å². The number of benzene rings is 2. The number of carbonyl (C=O) groups excluding carboxylic acids is 2. The molecule has 0 bridgehead atoms. The van der Waals surface area contributed by atoms with Crippen molar-refractivity contribution in [3.63, 3.8) is 0 Å². The van der Waals surface area contributed by atoms with Gasteiger partial charge in [0.2, 0.25) is 0 Å². The van der Waals surface area contributed by atoms with Gasteiger partial charge in [0.25, 0.3) is 11.8 Å². The summed E-state index contributed by atoms with van der Waals surface area (Å²) in [6.45, 7) is 0.575. The number of hydrogen-bond acceptors (Lipinski definition) is 5. The standard InChI is InChI=1S/C22H19N3O3S/c26-21(23-13-3-8-20-25-17-5-1-2-7-19(17)29-20)15-9-11-16(12-10-15)24-22(27)18-6-4-14-28-18/h1-2,4-7,9-12,14H,3,8,13H2,(H,23,26)(H,24,27). The van der Waals surface area contributed by atoms with E-state index in [1.165, 1.54) is 11.0 Å². The largest absolute Gasteiger partial charge is 0.459 e. The summed E-state index contributed by atoms with van der Waals surface area (Å²) < 4.78 is 6.24. The quantitative estimate of drug-likeness (QED) is 0.443. The molecule has 2 aromatic carbocycles. The fraction of sp³-hybridized carbons (Fsp3) is 0.136. The number of carbonyl (C=O) groups is 2. The normalized spacial score (nSPS) is 10.8. The van der Waals surface area contributed by atoms with Crippen molar-refractivity contribution in [1.29, 1.82) is 0 Å². The Labute approximate surface area is 171 Å². The van der Waals surface area contributed by atoms with E-state index in [2.05, 4.69) is 21.7 Å². The molecule has 0 saturated heterocycles. The molecule has 4 aromatic rings. The number of nitrogens with one attached hydrogen (secondary N) is 2. The number of fused-ring (bicyclic) bond motifs is 1. The third-order valence-electron chi connectivity index (χ3n) is 4.34. The van der Waals surface area contributed by atoms with E-state index in [4.69, 9.17) is 4.42 Å². The molecule has 146 valence electrons. The van der Waals surface area contributed by atoms with Gasteiger partial charge in [0.15, 0.2) is 5.76 Å². The molecule has 0 radical (unpaired) electrons. The van der Waals surface area contributed by atoms with Crippen LogP contribution in [0.1, 0.15) is 32.3 Å². The predicted molar refractivity (Wildman–Crippen MR) is 113 cm³/mol. The molecular formula is C22H19N3O3S. The number of nitrogens with zero attached hydrogens (tertiary/aromatic N) is 1. The van der Waals surface area contributed by atoms with Crippen LogP contribution in [0.2, 0.25) is 0 Å². The van der Waals surface area contributed by atoms with E-state index in [1.54, 1.807) is 47.7 Å². The molecule has 4 rings (SSSR count). The Kier molecular flexibility index (Phi) is 5.67. The lowest BCUT2D eigenvalue weighted by molar-refractivity contribution is 0.0952. The van der Waals surface area contributed by atoms with Crippen LogP contribution in [0.3, 0.4) is 0 Å². The topological polar surface area (TPSA) is 84.2 Å². The van der Waals surface area contributed by atoms with Crippen LogP contribution in [0.5, 0.6) is 0 Å². The number of thiazole rings is 1. The summed E-state index contributed by atoms with van der Waals surface area (Å²) >= 11 is 1.69. The van der Waals surface area contributed by atoms with Crippen LogP contribution in [0.25, 0.3) is 10.2 Å². The molecule has 0 fully saturated rings. The molecule has 2 N–H and O–H groups in total. The maximum atomic E-state index is 12.3. The number of aryl methyl sites for hydroxylation is 1. The number of furan rings is 1. The lowest BCUT2D eigenvalue weighted by atomic mass is 10.2. The summed E-state index contributed by atoms with van der Waals surface area (Å²) in [5.41, 5.74) is 2.16. The Morgan fingerprint density at radius 3 is 2.55 bits per heavy atom. The fourth-order valence-corrected chi connectivity index (χ4v) is 3.88. The van der Waals surface area contributed by atoms with Crippen molar-refractivity contribution in [2.24, 2.45) is 0 Å². The van der Waals surface area contributed by atoms with Crippen molar-refractivity contribution in [3.05, 3.63) is 83.3 Å². The summed E-state index contributed by atoms with van der Waals surface area (Å²) in [4.78, 5) is 28.8. The molecule has 2 heterocycles. The smallest absolute Gasteiger partial charge is 0.291 e. The number of anilines is 1. The number of hydrogen-bond donors (Lipinski definition) is 2. The zero-order chi connectivity index (χ0) is 20.1. The van der Waals surface area contributed by atoms with Crippen LogP contribution in [0.15, 0.2) is 71.3 Å². The summed E-state index contributed by atoms with van der Waals surface area (Å²) in [6, 6.07) is 18.1. The van der Waals surface area contributed by atoms with Gasteiger partial charge in [-0.05, 0) is 55.0 Å². The fourth-order valence-electron chi connectivity index (χ4n) is 2.88. The van der Waals surface area contributed by atoms with E-state index in [9.17, 15) is 9.59 Å². The first-order chi connectivity index (χ1) is 14.2. The molecule has 0 aliphatic rings. The Morgan fingerprint density at radius 1 is 0.966 bits per heavy atom. The first kappa shape index (κ1) is 18.9. The summed E-state index contributed by atoms with van der Waals surface area (Å²) in [6.07, 6.45) is 3.10. The minimum Gasteiger partial charge on any atom is -0.459 e. The van der Waals surface area contributed by atoms with E-state index < -0.39 is 0 Å². The highest BCUT2D eigenvalue weighted by Crippen LogP contribution is 2.22. The maximum Gasteiger partial charge on any atom is 0.291 e. The van der Waals surface area contributed by atoms with E-state index in [-0.39, 0.29) is 17.6 Å². The second kappa shape index (κ2) is 8.70. The SMILES string of the molecule is O=C(NCCCc1nc2ccccc2s1)c1ccc(NC(=O)c2ccco2)cc1. The van der Waals surface area contributed by atoms with E-state index in [0.717, 1.165) is 23.4 Å². The molecular weight excluding hydrogens is 386 g/mol. The van der Waals surface area contributed by atoms with Crippen LogP contribution in [-0.2, 0) is 6.42 Å².